The fourth-order valence-electron chi connectivity index (χ4n) is 2.41. The first-order valence-corrected chi connectivity index (χ1v) is 8.03. The lowest BCUT2D eigenvalue weighted by molar-refractivity contribution is -0.137. The van der Waals surface area contributed by atoms with Gasteiger partial charge in [-0.3, -0.25) is 0 Å². The third kappa shape index (κ3) is 4.22. The molecule has 0 radical (unpaired) electrons. The van der Waals surface area contributed by atoms with Crippen LogP contribution in [-0.2, 0) is 6.18 Å². The molecule has 0 bridgehead atoms. The summed E-state index contributed by atoms with van der Waals surface area (Å²) in [7, 11) is 2.94. The number of rotatable bonds is 6. The Balaban J connectivity index is 1.81. The van der Waals surface area contributed by atoms with Gasteiger partial charge < -0.3 is 14.8 Å². The van der Waals surface area contributed by atoms with Gasteiger partial charge in [0, 0.05) is 12.3 Å². The summed E-state index contributed by atoms with van der Waals surface area (Å²) in [6.07, 6.45) is -1.49. The molecule has 10 heteroatoms. The number of alkyl halides is 3. The van der Waals surface area contributed by atoms with Crippen molar-refractivity contribution in [2.75, 3.05) is 19.5 Å². The van der Waals surface area contributed by atoms with Crippen LogP contribution in [0, 0.1) is 0 Å². The van der Waals surface area contributed by atoms with Gasteiger partial charge in [-0.1, -0.05) is 0 Å². The third-order valence-electron chi connectivity index (χ3n) is 3.81. The molecule has 0 amide bonds. The van der Waals surface area contributed by atoms with Crippen molar-refractivity contribution in [3.05, 3.63) is 60.1 Å². The average molecular weight is 391 g/mol. The first-order chi connectivity index (χ1) is 13.4. The lowest BCUT2D eigenvalue weighted by Crippen LogP contribution is -2.06. The number of nitrogens with zero attached hydrogens (tertiary/aromatic N) is 4. The first kappa shape index (κ1) is 19.2. The van der Waals surface area contributed by atoms with E-state index in [-0.39, 0.29) is 11.4 Å². The summed E-state index contributed by atoms with van der Waals surface area (Å²) in [4.78, 5) is 0. The standard InChI is InChI=1S/C18H16F3N5O2/c1-27-14-6-4-13(5-7-14)26-17(23-24-25-26)9-10-22-15-11-12(18(19,20)21)3-8-16(15)28-2/h3-11,22H,1-2H3. The van der Waals surface area contributed by atoms with Gasteiger partial charge in [0.25, 0.3) is 0 Å². The maximum atomic E-state index is 12.9. The second kappa shape index (κ2) is 7.99. The van der Waals surface area contributed by atoms with Crippen molar-refractivity contribution < 1.29 is 22.6 Å². The van der Waals surface area contributed by atoms with Crippen molar-refractivity contribution in [1.82, 2.24) is 20.2 Å². The average Bonchev–Trinajstić information content (AvgIpc) is 3.15. The van der Waals surface area contributed by atoms with E-state index in [0.717, 1.165) is 12.1 Å². The van der Waals surface area contributed by atoms with Crippen LogP contribution in [0.25, 0.3) is 11.8 Å². The summed E-state index contributed by atoms with van der Waals surface area (Å²) in [5.74, 6) is 1.34. The molecule has 0 unspecified atom stereocenters. The Labute approximate surface area is 158 Å². The molecule has 0 spiro atoms. The van der Waals surface area contributed by atoms with E-state index in [9.17, 15) is 13.2 Å². The highest BCUT2D eigenvalue weighted by molar-refractivity contribution is 5.62. The van der Waals surface area contributed by atoms with Crippen LogP contribution in [0.15, 0.2) is 48.7 Å². The molecule has 3 aromatic rings. The van der Waals surface area contributed by atoms with Crippen molar-refractivity contribution in [3.63, 3.8) is 0 Å². The smallest absolute Gasteiger partial charge is 0.416 e. The molecule has 7 nitrogen and oxygen atoms in total. The van der Waals surface area contributed by atoms with Crippen LogP contribution < -0.4 is 14.8 Å². The number of nitrogens with one attached hydrogen (secondary N) is 1. The van der Waals surface area contributed by atoms with Gasteiger partial charge in [0.2, 0.25) is 0 Å². The van der Waals surface area contributed by atoms with Gasteiger partial charge in [-0.2, -0.15) is 17.9 Å². The molecule has 146 valence electrons. The highest BCUT2D eigenvalue weighted by Gasteiger charge is 2.31. The minimum atomic E-state index is -4.45. The van der Waals surface area contributed by atoms with Crippen molar-refractivity contribution in [2.45, 2.75) is 6.18 Å². The van der Waals surface area contributed by atoms with E-state index >= 15 is 0 Å². The maximum absolute atomic E-state index is 12.9. The Morgan fingerprint density at radius 3 is 2.43 bits per heavy atom. The number of ether oxygens (including phenoxy) is 2. The van der Waals surface area contributed by atoms with Gasteiger partial charge in [-0.15, -0.1) is 5.10 Å². The monoisotopic (exact) mass is 391 g/mol. The first-order valence-electron chi connectivity index (χ1n) is 8.03. The van der Waals surface area contributed by atoms with Crippen LogP contribution in [0.5, 0.6) is 11.5 Å². The van der Waals surface area contributed by atoms with Crippen molar-refractivity contribution >= 4 is 11.8 Å². The lowest BCUT2D eigenvalue weighted by Gasteiger charge is -2.12. The number of hydrogen-bond acceptors (Lipinski definition) is 6. The highest BCUT2D eigenvalue weighted by atomic mass is 19.4. The van der Waals surface area contributed by atoms with E-state index < -0.39 is 11.7 Å². The Kier molecular flexibility index (Phi) is 5.48. The quantitative estimate of drug-likeness (QED) is 0.689. The predicted octanol–water partition coefficient (Wildman–Crippen LogP) is 3.78. The maximum Gasteiger partial charge on any atom is 0.416 e. The van der Waals surface area contributed by atoms with Crippen LogP contribution >= 0.6 is 0 Å². The zero-order valence-corrected chi connectivity index (χ0v) is 14.9. The van der Waals surface area contributed by atoms with E-state index in [2.05, 4.69) is 20.8 Å². The molecule has 28 heavy (non-hydrogen) atoms. The molecule has 0 aliphatic heterocycles. The summed E-state index contributed by atoms with van der Waals surface area (Å²) in [5.41, 5.74) is 0.0754. The van der Waals surface area contributed by atoms with E-state index in [1.54, 1.807) is 31.4 Å². The van der Waals surface area contributed by atoms with Crippen LogP contribution in [0.2, 0.25) is 0 Å². The molecule has 1 N–H and O–H groups in total. The van der Waals surface area contributed by atoms with Crippen LogP contribution in [0.4, 0.5) is 18.9 Å². The molecular formula is C18H16F3N5O2. The Morgan fingerprint density at radius 1 is 1.04 bits per heavy atom. The summed E-state index contributed by atoms with van der Waals surface area (Å²) in [6.45, 7) is 0. The molecular weight excluding hydrogens is 375 g/mol. The largest absolute Gasteiger partial charge is 0.497 e. The van der Waals surface area contributed by atoms with Crippen molar-refractivity contribution in [1.29, 1.82) is 0 Å². The summed E-state index contributed by atoms with van der Waals surface area (Å²) >= 11 is 0. The second-order valence-corrected chi connectivity index (χ2v) is 5.54. The molecule has 0 aliphatic rings. The molecule has 0 saturated heterocycles. The van der Waals surface area contributed by atoms with Crippen LogP contribution in [0.1, 0.15) is 11.4 Å². The lowest BCUT2D eigenvalue weighted by atomic mass is 10.2. The van der Waals surface area contributed by atoms with E-state index in [1.165, 1.54) is 30.1 Å². The fraction of sp³-hybridized carbons (Fsp3) is 0.167. The van der Waals surface area contributed by atoms with Gasteiger partial charge >= 0.3 is 6.18 Å². The molecule has 0 atom stereocenters. The van der Waals surface area contributed by atoms with E-state index in [4.69, 9.17) is 9.47 Å². The Bertz CT molecular complexity index is 968. The normalized spacial score (nSPS) is 11.6. The second-order valence-electron chi connectivity index (χ2n) is 5.54. The summed E-state index contributed by atoms with van der Waals surface area (Å²) < 4.78 is 50.4. The zero-order valence-electron chi connectivity index (χ0n) is 14.9. The number of halogens is 3. The van der Waals surface area contributed by atoms with Gasteiger partial charge in [-0.05, 0) is 52.9 Å². The SMILES string of the molecule is COc1ccc(-n2nnnc2C=CNc2cc(C(F)(F)F)ccc2OC)cc1. The molecule has 2 aromatic carbocycles. The number of tetrazole rings is 1. The van der Waals surface area contributed by atoms with E-state index in [0.29, 0.717) is 17.3 Å². The number of aromatic nitrogens is 4. The number of hydrogen-bond donors (Lipinski definition) is 1. The molecule has 0 fully saturated rings. The molecule has 0 aliphatic carbocycles. The van der Waals surface area contributed by atoms with Gasteiger partial charge in [0.05, 0.1) is 31.2 Å². The summed E-state index contributed by atoms with van der Waals surface area (Å²) in [6, 6.07) is 10.2. The fourth-order valence-corrected chi connectivity index (χ4v) is 2.41. The molecule has 1 heterocycles. The number of benzene rings is 2. The number of anilines is 1. The molecule has 0 saturated carbocycles. The van der Waals surface area contributed by atoms with E-state index in [1.807, 2.05) is 0 Å². The van der Waals surface area contributed by atoms with Gasteiger partial charge in [0.15, 0.2) is 5.82 Å². The topological polar surface area (TPSA) is 74.1 Å². The van der Waals surface area contributed by atoms with Crippen molar-refractivity contribution in [3.8, 4) is 17.2 Å². The third-order valence-corrected chi connectivity index (χ3v) is 3.81. The minimum absolute atomic E-state index is 0.164. The Hall–Kier alpha value is -3.56. The predicted molar refractivity (Wildman–Crippen MR) is 96.4 cm³/mol. The highest BCUT2D eigenvalue weighted by Crippen LogP contribution is 2.34. The van der Waals surface area contributed by atoms with Crippen LogP contribution in [-0.4, -0.2) is 34.4 Å². The van der Waals surface area contributed by atoms with Gasteiger partial charge in [-0.25, -0.2) is 0 Å². The number of methoxy groups -OCH3 is 2. The molecule has 3 rings (SSSR count). The Morgan fingerprint density at radius 2 is 1.79 bits per heavy atom. The molecule has 1 aromatic heterocycles. The zero-order chi connectivity index (χ0) is 20.1. The van der Waals surface area contributed by atoms with Crippen molar-refractivity contribution in [2.24, 2.45) is 0 Å². The van der Waals surface area contributed by atoms with Gasteiger partial charge in [0.1, 0.15) is 11.5 Å². The summed E-state index contributed by atoms with van der Waals surface area (Å²) in [5, 5.41) is 14.2. The van der Waals surface area contributed by atoms with Crippen LogP contribution in [0.3, 0.4) is 0 Å². The minimum Gasteiger partial charge on any atom is -0.497 e.